The maximum Gasteiger partial charge on any atom is 0.303 e. The van der Waals surface area contributed by atoms with Gasteiger partial charge in [0.2, 0.25) is 0 Å². The molecule has 0 radical (unpaired) electrons. The molecule has 0 spiro atoms. The first-order chi connectivity index (χ1) is 25.3. The van der Waals surface area contributed by atoms with Crippen LogP contribution in [0.2, 0.25) is 0 Å². The third-order valence-corrected chi connectivity index (χ3v) is 10.3. The summed E-state index contributed by atoms with van der Waals surface area (Å²) in [6.45, 7) is 12.9. The summed E-state index contributed by atoms with van der Waals surface area (Å²) in [4.78, 5) is 29.3. The maximum absolute atomic E-state index is 12.9. The molecule has 0 saturated carbocycles. The molecule has 0 saturated heterocycles. The van der Waals surface area contributed by atoms with Crippen LogP contribution in [0.4, 0.5) is 0 Å². The van der Waals surface area contributed by atoms with Crippen LogP contribution in [0.3, 0.4) is 0 Å². The van der Waals surface area contributed by atoms with E-state index >= 15 is 0 Å². The largest absolute Gasteiger partial charge is 0.348 e. The summed E-state index contributed by atoms with van der Waals surface area (Å²) in [5, 5.41) is 0. The van der Waals surface area contributed by atoms with Crippen LogP contribution in [0.1, 0.15) is 203 Å². The Morgan fingerprint density at radius 3 is 1.40 bits per heavy atom. The van der Waals surface area contributed by atoms with Crippen LogP contribution in [-0.4, -0.2) is 22.2 Å². The van der Waals surface area contributed by atoms with Crippen LogP contribution < -0.4 is 0 Å². The molecule has 0 bridgehead atoms. The smallest absolute Gasteiger partial charge is 0.303 e. The molecule has 0 amide bonds. The zero-order valence-electron chi connectivity index (χ0n) is 34.1. The number of allylic oxidation sites excluding steroid dienone is 2. The van der Waals surface area contributed by atoms with Gasteiger partial charge in [-0.25, -0.2) is 0 Å². The van der Waals surface area contributed by atoms with Crippen molar-refractivity contribution in [1.29, 1.82) is 0 Å². The molecule has 4 nitrogen and oxygen atoms in total. The average molecular weight is 709 g/mol. The van der Waals surface area contributed by atoms with Crippen molar-refractivity contribution in [3.05, 3.63) is 86.5 Å². The third kappa shape index (κ3) is 17.0. The van der Waals surface area contributed by atoms with E-state index in [1.54, 1.807) is 0 Å². The van der Waals surface area contributed by atoms with Crippen molar-refractivity contribution in [2.24, 2.45) is 0 Å². The molecule has 4 heteroatoms. The van der Waals surface area contributed by atoms with Gasteiger partial charge in [0.1, 0.15) is 11.6 Å². The van der Waals surface area contributed by atoms with E-state index < -0.39 is 0 Å². The van der Waals surface area contributed by atoms with Gasteiger partial charge < -0.3 is 5.53 Å². The molecule has 0 N–H and O–H groups in total. The van der Waals surface area contributed by atoms with Gasteiger partial charge in [-0.3, -0.25) is 9.59 Å². The Hall–Kier alpha value is -3.32. The van der Waals surface area contributed by atoms with Gasteiger partial charge in [0, 0.05) is 25.7 Å². The second-order valence-electron chi connectivity index (χ2n) is 15.0. The summed E-state index contributed by atoms with van der Waals surface area (Å²) in [6, 6.07) is 13.7. The fourth-order valence-electron chi connectivity index (χ4n) is 7.26. The van der Waals surface area contributed by atoms with E-state index in [9.17, 15) is 15.1 Å². The van der Waals surface area contributed by atoms with E-state index in [4.69, 9.17) is 0 Å². The molecule has 0 heterocycles. The second kappa shape index (κ2) is 27.3. The molecular weight excluding hydrogens is 637 g/mol. The molecule has 0 unspecified atom stereocenters. The number of hydrogen-bond acceptors (Lipinski definition) is 2. The zero-order chi connectivity index (χ0) is 38.0. The quantitative estimate of drug-likeness (QED) is 0.0277. The lowest BCUT2D eigenvalue weighted by atomic mass is 9.82. The minimum atomic E-state index is 0.197. The number of ketones is 2. The van der Waals surface area contributed by atoms with Crippen molar-refractivity contribution in [3.8, 4) is 0 Å². The molecule has 0 aromatic heterocycles. The Bertz CT molecular complexity index is 1420. The van der Waals surface area contributed by atoms with Crippen molar-refractivity contribution < 1.29 is 14.4 Å². The Kier molecular flexibility index (Phi) is 23.5. The number of carbonyl (C=O) groups excluding carboxylic acids is 2. The van der Waals surface area contributed by atoms with Crippen molar-refractivity contribution in [1.82, 2.24) is 0 Å². The van der Waals surface area contributed by atoms with Gasteiger partial charge in [0.25, 0.3) is 0 Å². The number of rotatable bonds is 29. The lowest BCUT2D eigenvalue weighted by Crippen LogP contribution is -2.07. The van der Waals surface area contributed by atoms with Crippen molar-refractivity contribution in [3.63, 3.8) is 0 Å². The van der Waals surface area contributed by atoms with Crippen LogP contribution in [0.15, 0.2) is 47.5 Å². The van der Waals surface area contributed by atoms with Crippen LogP contribution in [-0.2, 0) is 35.3 Å². The third-order valence-electron chi connectivity index (χ3n) is 10.3. The Labute approximate surface area is 318 Å². The normalized spacial score (nSPS) is 11.6. The topological polar surface area (TPSA) is 70.5 Å². The number of aryl methyl sites for hydroxylation is 2. The minimum Gasteiger partial charge on any atom is -0.348 e. The first kappa shape index (κ1) is 44.8. The summed E-state index contributed by atoms with van der Waals surface area (Å²) in [7, 11) is 0. The molecule has 286 valence electrons. The van der Waals surface area contributed by atoms with E-state index in [0.717, 1.165) is 98.5 Å². The van der Waals surface area contributed by atoms with Gasteiger partial charge in [-0.1, -0.05) is 155 Å². The van der Waals surface area contributed by atoms with E-state index in [2.05, 4.69) is 74.8 Å². The predicted octanol–water partition coefficient (Wildman–Crippen LogP) is 13.5. The van der Waals surface area contributed by atoms with Crippen LogP contribution in [0, 0.1) is 0 Å². The van der Waals surface area contributed by atoms with E-state index in [1.807, 2.05) is 13.8 Å². The molecule has 0 fully saturated rings. The molecule has 0 atom stereocenters. The molecule has 52 heavy (non-hydrogen) atoms. The van der Waals surface area contributed by atoms with Gasteiger partial charge in [0.05, 0.1) is 5.57 Å². The molecule has 2 aromatic carbocycles. The average Bonchev–Trinajstić information content (AvgIpc) is 3.13. The Balaban J connectivity index is 3.02. The highest BCUT2D eigenvalue weighted by molar-refractivity contribution is 5.89. The highest BCUT2D eigenvalue weighted by Crippen LogP contribution is 2.37. The summed E-state index contributed by atoms with van der Waals surface area (Å²) in [6.07, 6.45) is 24.2. The minimum absolute atomic E-state index is 0.197. The lowest BCUT2D eigenvalue weighted by Gasteiger charge is -2.21. The first-order valence-electron chi connectivity index (χ1n) is 21.3. The lowest BCUT2D eigenvalue weighted by molar-refractivity contribution is -0.118. The monoisotopic (exact) mass is 709 g/mol. The highest BCUT2D eigenvalue weighted by Gasteiger charge is 2.21. The van der Waals surface area contributed by atoms with Gasteiger partial charge in [0.15, 0.2) is 0 Å². The van der Waals surface area contributed by atoms with Gasteiger partial charge >= 0.3 is 5.87 Å². The van der Waals surface area contributed by atoms with Gasteiger partial charge in [-0.05, 0) is 95.9 Å². The highest BCUT2D eigenvalue weighted by atomic mass is 16.1. The molecule has 0 aliphatic heterocycles. The number of benzene rings is 2. The summed E-state index contributed by atoms with van der Waals surface area (Å²) in [5.74, 6) is 3.50. The molecule has 2 rings (SSSR count). The molecule has 0 aliphatic rings. The zero-order valence-corrected chi connectivity index (χ0v) is 34.1. The number of carbonyl (C=O) groups is 2. The van der Waals surface area contributed by atoms with Crippen LogP contribution in [0.5, 0.6) is 0 Å². The van der Waals surface area contributed by atoms with Crippen molar-refractivity contribution in [2.75, 3.05) is 0 Å². The fraction of sp³-hybridized carbons (Fsp3) is 0.625. The van der Waals surface area contributed by atoms with E-state index in [0.29, 0.717) is 25.7 Å². The standard InChI is InChI=1S/C48H72N2O2/c1-7-13-17-19-20-23-27-42(37-50-49)47(28-24-18-14-8-2)48(43-31-38(25-21-15-9-3)29-39(32-43)26-22-16-10-4)44-33-40(35-45(51)11-5)30-41(34-44)36-46(52)12-6/h29-34H,7-28,35-36H2,1-6H3. The number of Topliss-reactive ketones (excluding diaryl/α,β-unsaturated/α-hetero) is 2. The van der Waals surface area contributed by atoms with Crippen molar-refractivity contribution >= 4 is 23.0 Å². The van der Waals surface area contributed by atoms with Gasteiger partial charge in [-0.15, -0.1) is 4.79 Å². The van der Waals surface area contributed by atoms with Crippen LogP contribution in [0.25, 0.3) is 11.1 Å². The van der Waals surface area contributed by atoms with E-state index in [1.165, 1.54) is 80.1 Å². The van der Waals surface area contributed by atoms with E-state index in [-0.39, 0.29) is 11.6 Å². The molecule has 2 aromatic rings. The number of nitrogens with zero attached hydrogens (tertiary/aromatic N) is 2. The molecular formula is C48H72N2O2. The number of hydrogen-bond donors (Lipinski definition) is 0. The maximum atomic E-state index is 12.9. The van der Waals surface area contributed by atoms with Crippen LogP contribution >= 0.6 is 0 Å². The number of unbranched alkanes of at least 4 members (excludes halogenated alkanes) is 12. The Morgan fingerprint density at radius 2 is 0.923 bits per heavy atom. The summed E-state index contributed by atoms with van der Waals surface area (Å²) in [5.41, 5.74) is 20.3. The molecule has 0 aliphatic carbocycles. The predicted molar refractivity (Wildman–Crippen MR) is 222 cm³/mol. The Morgan fingerprint density at radius 1 is 0.519 bits per heavy atom. The first-order valence-corrected chi connectivity index (χ1v) is 21.3. The second-order valence-corrected chi connectivity index (χ2v) is 15.0. The fourth-order valence-corrected chi connectivity index (χ4v) is 7.26. The summed E-state index contributed by atoms with van der Waals surface area (Å²) >= 11 is 0. The van der Waals surface area contributed by atoms with Gasteiger partial charge in [-0.2, -0.15) is 0 Å². The summed E-state index contributed by atoms with van der Waals surface area (Å²) < 4.78 is 0. The van der Waals surface area contributed by atoms with Crippen molar-refractivity contribution in [2.45, 2.75) is 196 Å². The SMILES string of the molecule is CCCCCCCCC(=C=[N+]=[N-])C(CCCCCC)=C(c1cc(CCCCC)cc(CCCCC)c1)c1cc(CC(=O)CC)cc(CC(=O)CC)c1.